The Bertz CT molecular complexity index is 920. The highest BCUT2D eigenvalue weighted by molar-refractivity contribution is 7.89. The molecule has 0 aromatic heterocycles. The molecule has 2 atom stereocenters. The van der Waals surface area contributed by atoms with Gasteiger partial charge in [-0.15, -0.1) is 0 Å². The average molecular weight is 379 g/mol. The number of nitro benzene ring substituents is 1. The van der Waals surface area contributed by atoms with E-state index in [9.17, 15) is 22.9 Å². The van der Waals surface area contributed by atoms with E-state index < -0.39 is 26.7 Å². The Morgan fingerprint density at radius 1 is 1.19 bits per heavy atom. The van der Waals surface area contributed by atoms with Crippen LogP contribution in [0.2, 0.25) is 0 Å². The quantitative estimate of drug-likeness (QED) is 0.612. The molecule has 0 radical (unpaired) electrons. The minimum absolute atomic E-state index is 0.232. The second-order valence-electron chi connectivity index (χ2n) is 6.11. The Morgan fingerprint density at radius 2 is 1.96 bits per heavy atom. The van der Waals surface area contributed by atoms with Gasteiger partial charge in [0.1, 0.15) is 5.82 Å². The zero-order chi connectivity index (χ0) is 18.7. The lowest BCUT2D eigenvalue weighted by atomic mass is 9.86. The van der Waals surface area contributed by atoms with Crippen LogP contribution in [0.3, 0.4) is 0 Å². The summed E-state index contributed by atoms with van der Waals surface area (Å²) in [7, 11) is -4.11. The summed E-state index contributed by atoms with van der Waals surface area (Å²) in [6.07, 6.45) is 0.619. The fourth-order valence-electron chi connectivity index (χ4n) is 3.22. The Labute approximate surface area is 150 Å². The van der Waals surface area contributed by atoms with Gasteiger partial charge in [-0.1, -0.05) is 24.3 Å². The molecule has 0 unspecified atom stereocenters. The van der Waals surface area contributed by atoms with Crippen LogP contribution < -0.4 is 10.0 Å². The van der Waals surface area contributed by atoms with Crippen molar-refractivity contribution in [1.29, 1.82) is 0 Å². The van der Waals surface area contributed by atoms with Crippen molar-refractivity contribution < 1.29 is 17.7 Å². The number of nitro groups is 1. The molecule has 1 heterocycles. The number of halogens is 1. The number of para-hydroxylation sites is 1. The Hall–Kier alpha value is -2.36. The van der Waals surface area contributed by atoms with Gasteiger partial charge in [-0.05, 0) is 36.7 Å². The van der Waals surface area contributed by atoms with Crippen molar-refractivity contribution in [3.8, 4) is 0 Å². The summed E-state index contributed by atoms with van der Waals surface area (Å²) in [5, 5.41) is 14.2. The number of nitrogens with zero attached hydrogens (tertiary/aromatic N) is 1. The third-order valence-electron chi connectivity index (χ3n) is 4.42. The van der Waals surface area contributed by atoms with Crippen molar-refractivity contribution in [3.05, 3.63) is 70.0 Å². The first kappa shape index (κ1) is 18.4. The van der Waals surface area contributed by atoms with Gasteiger partial charge >= 0.3 is 0 Å². The van der Waals surface area contributed by atoms with E-state index in [2.05, 4.69) is 10.0 Å². The van der Waals surface area contributed by atoms with Gasteiger partial charge < -0.3 is 5.32 Å². The van der Waals surface area contributed by atoms with Crippen LogP contribution in [0.5, 0.6) is 0 Å². The van der Waals surface area contributed by atoms with E-state index in [1.807, 2.05) is 0 Å². The largest absolute Gasteiger partial charge is 0.315 e. The smallest absolute Gasteiger partial charge is 0.289 e. The van der Waals surface area contributed by atoms with Gasteiger partial charge in [-0.3, -0.25) is 10.1 Å². The molecule has 0 spiro atoms. The van der Waals surface area contributed by atoms with Gasteiger partial charge in [0.25, 0.3) is 5.69 Å². The van der Waals surface area contributed by atoms with Gasteiger partial charge in [0.05, 0.1) is 4.92 Å². The zero-order valence-corrected chi connectivity index (χ0v) is 14.6. The van der Waals surface area contributed by atoms with Crippen LogP contribution in [0, 0.1) is 15.9 Å². The topological polar surface area (TPSA) is 101 Å². The highest BCUT2D eigenvalue weighted by Gasteiger charge is 2.33. The summed E-state index contributed by atoms with van der Waals surface area (Å²) in [6.45, 7) is 1.02. The zero-order valence-electron chi connectivity index (χ0n) is 13.8. The molecule has 2 aromatic carbocycles. The molecule has 26 heavy (non-hydrogen) atoms. The third-order valence-corrected chi connectivity index (χ3v) is 5.95. The minimum Gasteiger partial charge on any atom is -0.315 e. The van der Waals surface area contributed by atoms with Crippen LogP contribution in [0.4, 0.5) is 10.1 Å². The Morgan fingerprint density at radius 3 is 2.69 bits per heavy atom. The van der Waals surface area contributed by atoms with Crippen molar-refractivity contribution in [1.82, 2.24) is 10.0 Å². The van der Waals surface area contributed by atoms with E-state index in [0.717, 1.165) is 6.07 Å². The van der Waals surface area contributed by atoms with E-state index in [1.165, 1.54) is 30.3 Å². The molecule has 1 saturated heterocycles. The fraction of sp³-hybridized carbons (Fsp3) is 0.294. The highest BCUT2D eigenvalue weighted by Crippen LogP contribution is 2.29. The SMILES string of the molecule is O=[N+]([O-])c1ccccc1S(=O)(=O)N[C@H]1CNCC[C@H]1c1cccc(F)c1. The molecule has 3 rings (SSSR count). The molecule has 0 saturated carbocycles. The van der Waals surface area contributed by atoms with Crippen molar-refractivity contribution in [2.24, 2.45) is 0 Å². The predicted molar refractivity (Wildman–Crippen MR) is 93.8 cm³/mol. The molecular weight excluding hydrogens is 361 g/mol. The van der Waals surface area contributed by atoms with E-state index >= 15 is 0 Å². The highest BCUT2D eigenvalue weighted by atomic mass is 32.2. The molecule has 1 aliphatic rings. The van der Waals surface area contributed by atoms with Crippen molar-refractivity contribution in [2.75, 3.05) is 13.1 Å². The van der Waals surface area contributed by atoms with Crippen molar-refractivity contribution >= 4 is 15.7 Å². The second kappa shape index (κ2) is 7.48. The lowest BCUT2D eigenvalue weighted by Gasteiger charge is -2.33. The van der Waals surface area contributed by atoms with E-state index in [1.54, 1.807) is 12.1 Å². The van der Waals surface area contributed by atoms with Gasteiger partial charge in [0.15, 0.2) is 4.90 Å². The molecule has 0 amide bonds. The molecule has 0 bridgehead atoms. The molecule has 1 aliphatic heterocycles. The third kappa shape index (κ3) is 3.90. The van der Waals surface area contributed by atoms with Crippen molar-refractivity contribution in [3.63, 3.8) is 0 Å². The summed E-state index contributed by atoms with van der Waals surface area (Å²) in [5.74, 6) is -0.620. The molecule has 1 fully saturated rings. The predicted octanol–water partition coefficient (Wildman–Crippen LogP) is 2.16. The summed E-state index contributed by atoms with van der Waals surface area (Å²) >= 11 is 0. The van der Waals surface area contributed by atoms with E-state index in [0.29, 0.717) is 25.1 Å². The monoisotopic (exact) mass is 379 g/mol. The maximum Gasteiger partial charge on any atom is 0.289 e. The standard InChI is InChI=1S/C17H18FN3O4S/c18-13-5-3-4-12(10-13)14-8-9-19-11-15(14)20-26(24,25)17-7-2-1-6-16(17)21(22)23/h1-7,10,14-15,19-20H,8-9,11H2/t14-,15-/m0/s1. The first-order valence-electron chi connectivity index (χ1n) is 8.10. The maximum atomic E-state index is 13.6. The summed E-state index contributed by atoms with van der Waals surface area (Å²) in [4.78, 5) is 10.0. The lowest BCUT2D eigenvalue weighted by molar-refractivity contribution is -0.387. The lowest BCUT2D eigenvalue weighted by Crippen LogP contribution is -2.50. The van der Waals surface area contributed by atoms with Crippen LogP contribution in [-0.4, -0.2) is 32.5 Å². The number of rotatable bonds is 5. The van der Waals surface area contributed by atoms with Crippen LogP contribution >= 0.6 is 0 Å². The molecule has 138 valence electrons. The van der Waals surface area contributed by atoms with Crippen LogP contribution in [0.15, 0.2) is 53.4 Å². The molecule has 7 nitrogen and oxygen atoms in total. The number of piperidine rings is 1. The van der Waals surface area contributed by atoms with E-state index in [4.69, 9.17) is 0 Å². The number of benzene rings is 2. The van der Waals surface area contributed by atoms with Crippen LogP contribution in [0.1, 0.15) is 17.9 Å². The second-order valence-corrected chi connectivity index (χ2v) is 7.79. The Kier molecular flexibility index (Phi) is 5.30. The fourth-order valence-corrected chi connectivity index (χ4v) is 4.67. The molecule has 2 aromatic rings. The van der Waals surface area contributed by atoms with Crippen LogP contribution in [-0.2, 0) is 10.0 Å². The molecule has 0 aliphatic carbocycles. The molecule has 2 N–H and O–H groups in total. The maximum absolute atomic E-state index is 13.6. The van der Waals surface area contributed by atoms with Gasteiger partial charge in [-0.2, -0.15) is 0 Å². The number of hydrogen-bond donors (Lipinski definition) is 2. The summed E-state index contributed by atoms with van der Waals surface area (Å²) < 4.78 is 41.6. The normalized spacial score (nSPS) is 20.7. The van der Waals surface area contributed by atoms with Crippen molar-refractivity contribution in [2.45, 2.75) is 23.3 Å². The number of nitrogens with one attached hydrogen (secondary N) is 2. The average Bonchev–Trinajstić information content (AvgIpc) is 2.62. The summed E-state index contributed by atoms with van der Waals surface area (Å²) in [5.41, 5.74) is 0.216. The van der Waals surface area contributed by atoms with Gasteiger partial charge in [0, 0.05) is 24.6 Å². The van der Waals surface area contributed by atoms with Gasteiger partial charge in [-0.25, -0.2) is 17.5 Å². The number of hydrogen-bond acceptors (Lipinski definition) is 5. The van der Waals surface area contributed by atoms with Crippen LogP contribution in [0.25, 0.3) is 0 Å². The number of sulfonamides is 1. The molecular formula is C17H18FN3O4S. The molecule has 9 heteroatoms. The first-order chi connectivity index (χ1) is 12.4. The Balaban J connectivity index is 1.91. The van der Waals surface area contributed by atoms with Gasteiger partial charge in [0.2, 0.25) is 10.0 Å². The summed E-state index contributed by atoms with van der Waals surface area (Å²) in [6, 6.07) is 10.7. The van der Waals surface area contributed by atoms with E-state index in [-0.39, 0.29) is 16.6 Å². The minimum atomic E-state index is -4.11. The first-order valence-corrected chi connectivity index (χ1v) is 9.59.